The highest BCUT2D eigenvalue weighted by Gasteiger charge is 2.28. The fourth-order valence-corrected chi connectivity index (χ4v) is 2.72. The molecule has 0 radical (unpaired) electrons. The van der Waals surface area contributed by atoms with Crippen LogP contribution in [-0.4, -0.2) is 6.04 Å². The molecule has 3 heteroatoms. The Morgan fingerprint density at radius 1 is 1.39 bits per heavy atom. The molecule has 1 N–H and O–H groups in total. The van der Waals surface area contributed by atoms with Crippen molar-refractivity contribution in [3.05, 3.63) is 35.6 Å². The van der Waals surface area contributed by atoms with Crippen LogP contribution in [0.2, 0.25) is 0 Å². The quantitative estimate of drug-likeness (QED) is 0.881. The summed E-state index contributed by atoms with van der Waals surface area (Å²) in [5, 5.41) is 12.6. The van der Waals surface area contributed by atoms with Crippen molar-refractivity contribution in [1.29, 1.82) is 5.26 Å². The smallest absolute Gasteiger partial charge is 0.123 e. The molecule has 0 aromatic heterocycles. The van der Waals surface area contributed by atoms with Gasteiger partial charge in [0.05, 0.1) is 12.0 Å². The van der Waals surface area contributed by atoms with Gasteiger partial charge in [-0.3, -0.25) is 0 Å². The van der Waals surface area contributed by atoms with E-state index in [4.69, 9.17) is 5.26 Å². The van der Waals surface area contributed by atoms with Crippen molar-refractivity contribution in [3.63, 3.8) is 0 Å². The van der Waals surface area contributed by atoms with Crippen LogP contribution in [0.15, 0.2) is 24.3 Å². The number of nitrogens with one attached hydrogen (secondary N) is 1. The Hall–Kier alpha value is -1.40. The number of hydrogen-bond acceptors (Lipinski definition) is 2. The first-order chi connectivity index (χ1) is 8.74. The maximum Gasteiger partial charge on any atom is 0.123 e. The van der Waals surface area contributed by atoms with E-state index in [2.05, 4.69) is 18.3 Å². The van der Waals surface area contributed by atoms with Gasteiger partial charge in [-0.1, -0.05) is 25.5 Å². The molecule has 1 aliphatic rings. The van der Waals surface area contributed by atoms with Crippen LogP contribution < -0.4 is 5.32 Å². The van der Waals surface area contributed by atoms with Gasteiger partial charge in [0, 0.05) is 12.1 Å². The lowest BCUT2D eigenvalue weighted by atomic mass is 10.00. The zero-order valence-corrected chi connectivity index (χ0v) is 10.7. The molecule has 1 aromatic carbocycles. The van der Waals surface area contributed by atoms with Gasteiger partial charge < -0.3 is 5.32 Å². The van der Waals surface area contributed by atoms with Crippen molar-refractivity contribution in [2.24, 2.45) is 5.92 Å². The topological polar surface area (TPSA) is 35.8 Å². The molecule has 1 saturated carbocycles. The van der Waals surface area contributed by atoms with E-state index in [0.29, 0.717) is 0 Å². The molecule has 0 amide bonds. The molecule has 0 saturated heterocycles. The highest BCUT2D eigenvalue weighted by molar-refractivity contribution is 5.20. The molecular formula is C15H19FN2. The summed E-state index contributed by atoms with van der Waals surface area (Å²) >= 11 is 0. The summed E-state index contributed by atoms with van der Waals surface area (Å²) in [6.45, 7) is 2.11. The molecule has 0 bridgehead atoms. The van der Waals surface area contributed by atoms with E-state index in [1.807, 2.05) is 12.1 Å². The van der Waals surface area contributed by atoms with Crippen LogP contribution in [-0.2, 0) is 0 Å². The summed E-state index contributed by atoms with van der Waals surface area (Å²) < 4.78 is 12.9. The monoisotopic (exact) mass is 246 g/mol. The SMILES string of the molecule is CCC(NC1CCCC1C#N)c1ccc(F)cc1. The molecule has 18 heavy (non-hydrogen) atoms. The fourth-order valence-electron chi connectivity index (χ4n) is 2.72. The predicted molar refractivity (Wildman–Crippen MR) is 69.3 cm³/mol. The Bertz CT molecular complexity index is 421. The largest absolute Gasteiger partial charge is 0.306 e. The van der Waals surface area contributed by atoms with Crippen molar-refractivity contribution in [3.8, 4) is 6.07 Å². The van der Waals surface area contributed by atoms with Crippen LogP contribution in [0.5, 0.6) is 0 Å². The van der Waals surface area contributed by atoms with Crippen LogP contribution in [0, 0.1) is 23.1 Å². The Balaban J connectivity index is 2.05. The van der Waals surface area contributed by atoms with Gasteiger partial charge in [-0.2, -0.15) is 5.26 Å². The summed E-state index contributed by atoms with van der Waals surface area (Å²) in [6, 6.07) is 9.52. The van der Waals surface area contributed by atoms with E-state index in [9.17, 15) is 4.39 Å². The molecule has 2 nitrogen and oxygen atoms in total. The lowest BCUT2D eigenvalue weighted by Crippen LogP contribution is -2.34. The van der Waals surface area contributed by atoms with Gasteiger partial charge in [0.1, 0.15) is 5.82 Å². The summed E-state index contributed by atoms with van der Waals surface area (Å²) in [4.78, 5) is 0. The van der Waals surface area contributed by atoms with Crippen LogP contribution in [0.3, 0.4) is 0 Å². The van der Waals surface area contributed by atoms with Crippen molar-refractivity contribution in [2.45, 2.75) is 44.7 Å². The Morgan fingerprint density at radius 2 is 2.11 bits per heavy atom. The van der Waals surface area contributed by atoms with E-state index in [-0.39, 0.29) is 23.8 Å². The fraction of sp³-hybridized carbons (Fsp3) is 0.533. The Kier molecular flexibility index (Phi) is 4.33. The maximum absolute atomic E-state index is 12.9. The first kappa shape index (κ1) is 13.0. The molecule has 0 spiro atoms. The molecule has 96 valence electrons. The Labute approximate surface area is 108 Å². The minimum absolute atomic E-state index is 0.125. The minimum atomic E-state index is -0.204. The van der Waals surface area contributed by atoms with E-state index >= 15 is 0 Å². The minimum Gasteiger partial charge on any atom is -0.306 e. The summed E-state index contributed by atoms with van der Waals surface area (Å²) in [5.74, 6) is -0.0798. The van der Waals surface area contributed by atoms with Crippen molar-refractivity contribution in [2.75, 3.05) is 0 Å². The molecule has 3 unspecified atom stereocenters. The van der Waals surface area contributed by atoms with Crippen molar-refractivity contribution in [1.82, 2.24) is 5.32 Å². The van der Waals surface area contributed by atoms with Crippen molar-refractivity contribution < 1.29 is 4.39 Å². The van der Waals surface area contributed by atoms with Crippen LogP contribution in [0.4, 0.5) is 4.39 Å². The second kappa shape index (κ2) is 5.97. The van der Waals surface area contributed by atoms with E-state index < -0.39 is 0 Å². The van der Waals surface area contributed by atoms with Crippen LogP contribution >= 0.6 is 0 Å². The van der Waals surface area contributed by atoms with E-state index in [1.54, 1.807) is 0 Å². The second-order valence-corrected chi connectivity index (χ2v) is 4.95. The van der Waals surface area contributed by atoms with Gasteiger partial charge >= 0.3 is 0 Å². The standard InChI is InChI=1S/C15H19FN2/c1-2-14(11-6-8-13(16)9-7-11)18-15-5-3-4-12(15)10-17/h6-9,12,14-15,18H,2-5H2,1H3. The van der Waals surface area contributed by atoms with Gasteiger partial charge in [-0.05, 0) is 37.0 Å². The van der Waals surface area contributed by atoms with Gasteiger partial charge in [-0.15, -0.1) is 0 Å². The first-order valence-electron chi connectivity index (χ1n) is 6.65. The van der Waals surface area contributed by atoms with Crippen LogP contribution in [0.1, 0.15) is 44.2 Å². The average molecular weight is 246 g/mol. The summed E-state index contributed by atoms with van der Waals surface area (Å²) in [6.07, 6.45) is 4.12. The molecule has 1 aromatic rings. The average Bonchev–Trinajstić information content (AvgIpc) is 2.84. The first-order valence-corrected chi connectivity index (χ1v) is 6.65. The number of nitrogens with zero attached hydrogens (tertiary/aromatic N) is 1. The highest BCUT2D eigenvalue weighted by Crippen LogP contribution is 2.28. The summed E-state index contributed by atoms with van der Waals surface area (Å²) in [7, 11) is 0. The summed E-state index contributed by atoms with van der Waals surface area (Å²) in [5.41, 5.74) is 1.10. The van der Waals surface area contributed by atoms with Gasteiger partial charge in [0.15, 0.2) is 0 Å². The maximum atomic E-state index is 12.9. The third-order valence-corrected chi connectivity index (χ3v) is 3.78. The number of hydrogen-bond donors (Lipinski definition) is 1. The zero-order valence-electron chi connectivity index (χ0n) is 10.7. The molecule has 0 heterocycles. The van der Waals surface area contributed by atoms with E-state index in [1.165, 1.54) is 12.1 Å². The molecule has 1 fully saturated rings. The highest BCUT2D eigenvalue weighted by atomic mass is 19.1. The number of benzene rings is 1. The molecule has 3 atom stereocenters. The van der Waals surface area contributed by atoms with E-state index in [0.717, 1.165) is 31.2 Å². The molecular weight excluding hydrogens is 227 g/mol. The number of nitriles is 1. The molecule has 2 rings (SSSR count). The molecule has 1 aliphatic carbocycles. The lowest BCUT2D eigenvalue weighted by Gasteiger charge is -2.24. The van der Waals surface area contributed by atoms with Crippen molar-refractivity contribution >= 4 is 0 Å². The lowest BCUT2D eigenvalue weighted by molar-refractivity contribution is 0.394. The van der Waals surface area contributed by atoms with Crippen LogP contribution in [0.25, 0.3) is 0 Å². The normalized spacial score (nSPS) is 24.7. The third-order valence-electron chi connectivity index (χ3n) is 3.78. The Morgan fingerprint density at radius 3 is 2.72 bits per heavy atom. The van der Waals surface area contributed by atoms with Gasteiger partial charge in [-0.25, -0.2) is 4.39 Å². The number of halogens is 1. The van der Waals surface area contributed by atoms with Gasteiger partial charge in [0.2, 0.25) is 0 Å². The third kappa shape index (κ3) is 2.88. The zero-order chi connectivity index (χ0) is 13.0. The van der Waals surface area contributed by atoms with Gasteiger partial charge in [0.25, 0.3) is 0 Å². The predicted octanol–water partition coefficient (Wildman–Crippen LogP) is 3.56. The second-order valence-electron chi connectivity index (χ2n) is 4.95. The number of rotatable bonds is 4. The molecule has 0 aliphatic heterocycles.